The van der Waals surface area contributed by atoms with Crippen LogP contribution >= 0.6 is 28.1 Å². The molecular weight excluding hydrogens is 414 g/mol. The van der Waals surface area contributed by atoms with Crippen LogP contribution in [0.2, 0.25) is 0 Å². The number of anilines is 2. The van der Waals surface area contributed by atoms with Gasteiger partial charge in [0.25, 0.3) is 5.91 Å². The van der Waals surface area contributed by atoms with E-state index in [-0.39, 0.29) is 11.0 Å². The molecule has 0 spiro atoms. The number of nitrogens with one attached hydrogen (secondary N) is 2. The van der Waals surface area contributed by atoms with Crippen LogP contribution in [-0.4, -0.2) is 31.2 Å². The summed E-state index contributed by atoms with van der Waals surface area (Å²) in [4.78, 5) is 14.6. The van der Waals surface area contributed by atoms with Gasteiger partial charge in [0.2, 0.25) is 0 Å². The summed E-state index contributed by atoms with van der Waals surface area (Å²) < 4.78 is 5.87. The van der Waals surface area contributed by atoms with Gasteiger partial charge in [0, 0.05) is 30.0 Å². The van der Waals surface area contributed by atoms with Gasteiger partial charge in [0.15, 0.2) is 5.11 Å². The summed E-state index contributed by atoms with van der Waals surface area (Å²) in [5.74, 6) is 0.376. The standard InChI is InChI=1S/C19H22BrN3O2S/c1-4-23(5-2)15-9-7-14(8-10-15)21-19(26)22-18(24)13-6-11-17(25-3)16(20)12-13/h6-12H,4-5H2,1-3H3,(H2,21,22,24,26). The van der Waals surface area contributed by atoms with Crippen LogP contribution in [0.25, 0.3) is 0 Å². The third-order valence-electron chi connectivity index (χ3n) is 3.89. The van der Waals surface area contributed by atoms with E-state index < -0.39 is 0 Å². The minimum atomic E-state index is -0.286. The Morgan fingerprint density at radius 2 is 1.81 bits per heavy atom. The van der Waals surface area contributed by atoms with Crippen molar-refractivity contribution >= 4 is 50.5 Å². The van der Waals surface area contributed by atoms with Gasteiger partial charge < -0.3 is 15.0 Å². The monoisotopic (exact) mass is 435 g/mol. The van der Waals surface area contributed by atoms with Gasteiger partial charge in [-0.25, -0.2) is 0 Å². The maximum atomic E-state index is 12.3. The Labute approximate surface area is 167 Å². The fraction of sp³-hybridized carbons (Fsp3) is 0.263. The highest BCUT2D eigenvalue weighted by molar-refractivity contribution is 9.10. The molecule has 2 N–H and O–H groups in total. The molecule has 2 rings (SSSR count). The number of methoxy groups -OCH3 is 1. The van der Waals surface area contributed by atoms with Crippen LogP contribution in [0, 0.1) is 0 Å². The number of ether oxygens (including phenoxy) is 1. The third-order valence-corrected chi connectivity index (χ3v) is 4.72. The molecule has 138 valence electrons. The second-order valence-corrected chi connectivity index (χ2v) is 6.74. The Bertz CT molecular complexity index is 777. The SMILES string of the molecule is CCN(CC)c1ccc(NC(=S)NC(=O)c2ccc(OC)c(Br)c2)cc1. The first kappa shape index (κ1) is 20.2. The smallest absolute Gasteiger partial charge is 0.257 e. The first-order valence-electron chi connectivity index (χ1n) is 8.29. The van der Waals surface area contributed by atoms with Crippen LogP contribution in [0.5, 0.6) is 5.75 Å². The van der Waals surface area contributed by atoms with E-state index in [1.54, 1.807) is 25.3 Å². The molecule has 0 aliphatic rings. The fourth-order valence-electron chi connectivity index (χ4n) is 2.49. The largest absolute Gasteiger partial charge is 0.496 e. The van der Waals surface area contributed by atoms with Gasteiger partial charge in [-0.1, -0.05) is 0 Å². The van der Waals surface area contributed by atoms with Crippen LogP contribution in [0.3, 0.4) is 0 Å². The number of hydrogen-bond acceptors (Lipinski definition) is 4. The van der Waals surface area contributed by atoms with Crippen molar-refractivity contribution in [2.45, 2.75) is 13.8 Å². The average molecular weight is 436 g/mol. The van der Waals surface area contributed by atoms with Crippen molar-refractivity contribution in [3.05, 3.63) is 52.5 Å². The predicted octanol–water partition coefficient (Wildman–Crippen LogP) is 4.43. The minimum Gasteiger partial charge on any atom is -0.496 e. The van der Waals surface area contributed by atoms with E-state index in [4.69, 9.17) is 17.0 Å². The lowest BCUT2D eigenvalue weighted by Crippen LogP contribution is -2.34. The summed E-state index contributed by atoms with van der Waals surface area (Å²) in [7, 11) is 1.57. The van der Waals surface area contributed by atoms with Gasteiger partial charge in [0.05, 0.1) is 11.6 Å². The summed E-state index contributed by atoms with van der Waals surface area (Å²) in [6, 6.07) is 13.0. The molecule has 7 heteroatoms. The zero-order valence-corrected chi connectivity index (χ0v) is 17.4. The molecule has 5 nitrogen and oxygen atoms in total. The van der Waals surface area contributed by atoms with E-state index in [9.17, 15) is 4.79 Å². The van der Waals surface area contributed by atoms with Crippen LogP contribution < -0.4 is 20.3 Å². The second-order valence-electron chi connectivity index (χ2n) is 5.48. The number of rotatable bonds is 6. The Balaban J connectivity index is 1.97. The molecule has 26 heavy (non-hydrogen) atoms. The lowest BCUT2D eigenvalue weighted by atomic mass is 10.2. The van der Waals surface area contributed by atoms with Crippen molar-refractivity contribution in [1.29, 1.82) is 0 Å². The Hall–Kier alpha value is -2.12. The van der Waals surface area contributed by atoms with Gasteiger partial charge >= 0.3 is 0 Å². The number of carbonyl (C=O) groups is 1. The molecule has 2 aromatic carbocycles. The molecule has 2 aromatic rings. The van der Waals surface area contributed by atoms with Gasteiger partial charge in [-0.05, 0) is 84.5 Å². The van der Waals surface area contributed by atoms with Crippen molar-refractivity contribution in [2.75, 3.05) is 30.4 Å². The van der Waals surface area contributed by atoms with Crippen LogP contribution in [-0.2, 0) is 0 Å². The van der Waals surface area contributed by atoms with Crippen LogP contribution in [0.1, 0.15) is 24.2 Å². The molecule has 0 atom stereocenters. The molecular formula is C19H22BrN3O2S. The van der Waals surface area contributed by atoms with Crippen molar-refractivity contribution in [2.24, 2.45) is 0 Å². The minimum absolute atomic E-state index is 0.248. The van der Waals surface area contributed by atoms with Gasteiger partial charge in [-0.3, -0.25) is 10.1 Å². The first-order chi connectivity index (χ1) is 12.5. The summed E-state index contributed by atoms with van der Waals surface area (Å²) >= 11 is 8.60. The quantitative estimate of drug-likeness (QED) is 0.657. The lowest BCUT2D eigenvalue weighted by molar-refractivity contribution is 0.0977. The number of nitrogens with zero attached hydrogens (tertiary/aromatic N) is 1. The molecule has 0 aliphatic carbocycles. The van der Waals surface area contributed by atoms with E-state index in [0.717, 1.165) is 24.5 Å². The summed E-state index contributed by atoms with van der Waals surface area (Å²) in [5.41, 5.74) is 2.46. The first-order valence-corrected chi connectivity index (χ1v) is 9.49. The van der Waals surface area contributed by atoms with E-state index in [0.29, 0.717) is 15.8 Å². The molecule has 0 saturated heterocycles. The van der Waals surface area contributed by atoms with Gasteiger partial charge in [0.1, 0.15) is 5.75 Å². The summed E-state index contributed by atoms with van der Waals surface area (Å²) in [6.45, 7) is 6.15. The second kappa shape index (κ2) is 9.54. The number of thiocarbonyl (C=S) groups is 1. The van der Waals surface area contributed by atoms with Crippen molar-refractivity contribution in [3.63, 3.8) is 0 Å². The maximum Gasteiger partial charge on any atom is 0.257 e. The van der Waals surface area contributed by atoms with E-state index in [2.05, 4.69) is 45.3 Å². The zero-order valence-electron chi connectivity index (χ0n) is 15.0. The molecule has 0 aromatic heterocycles. The van der Waals surface area contributed by atoms with Crippen molar-refractivity contribution in [3.8, 4) is 5.75 Å². The van der Waals surface area contributed by atoms with Crippen molar-refractivity contribution in [1.82, 2.24) is 5.32 Å². The molecule has 0 fully saturated rings. The molecule has 0 aliphatic heterocycles. The van der Waals surface area contributed by atoms with Crippen LogP contribution in [0.4, 0.5) is 11.4 Å². The topological polar surface area (TPSA) is 53.6 Å². The number of halogens is 1. The lowest BCUT2D eigenvalue weighted by Gasteiger charge is -2.21. The zero-order chi connectivity index (χ0) is 19.1. The third kappa shape index (κ3) is 5.19. The molecule has 0 bridgehead atoms. The molecule has 1 amide bonds. The molecule has 0 saturated carbocycles. The summed E-state index contributed by atoms with van der Waals surface area (Å²) in [6.07, 6.45) is 0. The number of benzene rings is 2. The number of carbonyl (C=O) groups excluding carboxylic acids is 1. The Morgan fingerprint density at radius 1 is 1.15 bits per heavy atom. The van der Waals surface area contributed by atoms with Gasteiger partial charge in [-0.2, -0.15) is 0 Å². The molecule has 0 radical (unpaired) electrons. The fourth-order valence-corrected chi connectivity index (χ4v) is 3.24. The molecule has 0 unspecified atom stereocenters. The van der Waals surface area contributed by atoms with E-state index in [1.165, 1.54) is 0 Å². The highest BCUT2D eigenvalue weighted by Crippen LogP contribution is 2.25. The highest BCUT2D eigenvalue weighted by Gasteiger charge is 2.11. The normalized spacial score (nSPS) is 10.2. The predicted molar refractivity (Wildman–Crippen MR) is 114 cm³/mol. The van der Waals surface area contributed by atoms with E-state index in [1.807, 2.05) is 24.3 Å². The van der Waals surface area contributed by atoms with Crippen LogP contribution in [0.15, 0.2) is 46.9 Å². The number of amides is 1. The average Bonchev–Trinajstić information content (AvgIpc) is 2.63. The summed E-state index contributed by atoms with van der Waals surface area (Å²) in [5, 5.41) is 5.95. The van der Waals surface area contributed by atoms with Crippen molar-refractivity contribution < 1.29 is 9.53 Å². The molecule has 0 heterocycles. The Kier molecular flexibility index (Phi) is 7.41. The highest BCUT2D eigenvalue weighted by atomic mass is 79.9. The number of hydrogen-bond donors (Lipinski definition) is 2. The van der Waals surface area contributed by atoms with Gasteiger partial charge in [-0.15, -0.1) is 0 Å². The van der Waals surface area contributed by atoms with E-state index >= 15 is 0 Å². The maximum absolute atomic E-state index is 12.3. The Morgan fingerprint density at radius 3 is 2.35 bits per heavy atom.